The van der Waals surface area contributed by atoms with E-state index in [1.54, 1.807) is 0 Å². The summed E-state index contributed by atoms with van der Waals surface area (Å²) in [6, 6.07) is 9.29. The van der Waals surface area contributed by atoms with Crippen molar-refractivity contribution in [3.05, 3.63) is 41.6 Å². The zero-order valence-electron chi connectivity index (χ0n) is 9.51. The summed E-state index contributed by atoms with van der Waals surface area (Å²) in [4.78, 5) is 10.7. The van der Waals surface area contributed by atoms with Crippen LogP contribution in [-0.4, -0.2) is 16.2 Å². The molecular formula is C13H13NO3. The standard InChI is InChI=1S/C13H13NO3/c1-2-3-9-4-6-10(7-5-9)12-8-11(13(15)16)14-17-12/h4-8H,2-3H2,1H3,(H,15,16). The average molecular weight is 231 g/mol. The number of rotatable bonds is 4. The summed E-state index contributed by atoms with van der Waals surface area (Å²) in [5, 5.41) is 12.2. The Balaban J connectivity index is 2.23. The molecule has 4 heteroatoms. The van der Waals surface area contributed by atoms with Crippen molar-refractivity contribution in [3.63, 3.8) is 0 Å². The van der Waals surface area contributed by atoms with Gasteiger partial charge in [0.05, 0.1) is 0 Å². The maximum atomic E-state index is 10.7. The van der Waals surface area contributed by atoms with Gasteiger partial charge in [-0.05, 0) is 12.0 Å². The van der Waals surface area contributed by atoms with Gasteiger partial charge in [-0.1, -0.05) is 42.8 Å². The molecule has 17 heavy (non-hydrogen) atoms. The molecule has 0 amide bonds. The molecule has 1 aromatic heterocycles. The predicted octanol–water partition coefficient (Wildman–Crippen LogP) is 2.99. The summed E-state index contributed by atoms with van der Waals surface area (Å²) < 4.78 is 4.98. The summed E-state index contributed by atoms with van der Waals surface area (Å²) in [6.45, 7) is 2.13. The van der Waals surface area contributed by atoms with Gasteiger partial charge in [-0.25, -0.2) is 4.79 Å². The number of nitrogens with zero attached hydrogens (tertiary/aromatic N) is 1. The van der Waals surface area contributed by atoms with Gasteiger partial charge in [0.1, 0.15) is 0 Å². The van der Waals surface area contributed by atoms with Crippen LogP contribution in [0.2, 0.25) is 0 Å². The summed E-state index contributed by atoms with van der Waals surface area (Å²) in [5.41, 5.74) is 2.02. The minimum absolute atomic E-state index is 0.0716. The molecule has 4 nitrogen and oxygen atoms in total. The lowest BCUT2D eigenvalue weighted by molar-refractivity contribution is 0.0686. The van der Waals surface area contributed by atoms with Crippen molar-refractivity contribution in [2.75, 3.05) is 0 Å². The molecule has 1 heterocycles. The van der Waals surface area contributed by atoms with Crippen LogP contribution in [0.25, 0.3) is 11.3 Å². The second-order valence-electron chi connectivity index (χ2n) is 3.83. The van der Waals surface area contributed by atoms with E-state index in [-0.39, 0.29) is 5.69 Å². The van der Waals surface area contributed by atoms with Gasteiger partial charge in [-0.3, -0.25) is 0 Å². The number of hydrogen-bond acceptors (Lipinski definition) is 3. The SMILES string of the molecule is CCCc1ccc(-c2cc(C(=O)O)no2)cc1. The second kappa shape index (κ2) is 4.82. The highest BCUT2D eigenvalue weighted by Gasteiger charge is 2.11. The third-order valence-electron chi connectivity index (χ3n) is 2.51. The number of benzene rings is 1. The third kappa shape index (κ3) is 2.53. The van der Waals surface area contributed by atoms with Gasteiger partial charge in [0.15, 0.2) is 11.5 Å². The van der Waals surface area contributed by atoms with Crippen molar-refractivity contribution in [2.24, 2.45) is 0 Å². The van der Waals surface area contributed by atoms with Crippen LogP contribution in [0.4, 0.5) is 0 Å². The Bertz CT molecular complexity index is 514. The van der Waals surface area contributed by atoms with E-state index in [0.29, 0.717) is 5.76 Å². The van der Waals surface area contributed by atoms with Crippen LogP contribution in [0.1, 0.15) is 29.4 Å². The minimum atomic E-state index is -1.08. The zero-order valence-corrected chi connectivity index (χ0v) is 9.51. The molecule has 0 fully saturated rings. The molecule has 0 saturated carbocycles. The van der Waals surface area contributed by atoms with E-state index in [0.717, 1.165) is 18.4 Å². The Morgan fingerprint density at radius 1 is 1.35 bits per heavy atom. The number of carbonyl (C=O) groups is 1. The Kier molecular flexibility index (Phi) is 3.23. The number of aryl methyl sites for hydroxylation is 1. The molecule has 0 unspecified atom stereocenters. The first-order valence-electron chi connectivity index (χ1n) is 5.50. The Labute approximate surface area is 98.9 Å². The van der Waals surface area contributed by atoms with Gasteiger partial charge in [0, 0.05) is 11.6 Å². The van der Waals surface area contributed by atoms with Crippen LogP contribution in [0, 0.1) is 0 Å². The molecular weight excluding hydrogens is 218 g/mol. The number of carboxylic acids is 1. The fourth-order valence-corrected chi connectivity index (χ4v) is 1.64. The van der Waals surface area contributed by atoms with E-state index >= 15 is 0 Å². The lowest BCUT2D eigenvalue weighted by Crippen LogP contribution is -1.94. The van der Waals surface area contributed by atoms with Crippen molar-refractivity contribution in [1.82, 2.24) is 5.16 Å². The fraction of sp³-hybridized carbons (Fsp3) is 0.231. The lowest BCUT2D eigenvalue weighted by Gasteiger charge is -1.99. The van der Waals surface area contributed by atoms with Crippen LogP contribution < -0.4 is 0 Å². The van der Waals surface area contributed by atoms with Crippen LogP contribution in [-0.2, 0) is 6.42 Å². The van der Waals surface area contributed by atoms with Crippen molar-refractivity contribution in [1.29, 1.82) is 0 Å². The molecule has 2 rings (SSSR count). The Morgan fingerprint density at radius 2 is 2.06 bits per heavy atom. The first-order chi connectivity index (χ1) is 8.20. The highest BCUT2D eigenvalue weighted by atomic mass is 16.5. The molecule has 0 spiro atoms. The van der Waals surface area contributed by atoms with E-state index in [1.807, 2.05) is 24.3 Å². The third-order valence-corrected chi connectivity index (χ3v) is 2.51. The fourth-order valence-electron chi connectivity index (χ4n) is 1.64. The van der Waals surface area contributed by atoms with Gasteiger partial charge in [-0.2, -0.15) is 0 Å². The summed E-state index contributed by atoms with van der Waals surface area (Å²) in [7, 11) is 0. The minimum Gasteiger partial charge on any atom is -0.476 e. The van der Waals surface area contributed by atoms with E-state index in [1.165, 1.54) is 11.6 Å². The molecule has 2 aromatic rings. The molecule has 0 aliphatic carbocycles. The quantitative estimate of drug-likeness (QED) is 0.878. The molecule has 1 aromatic carbocycles. The summed E-state index contributed by atoms with van der Waals surface area (Å²) in [6.07, 6.45) is 2.14. The van der Waals surface area contributed by atoms with E-state index < -0.39 is 5.97 Å². The average Bonchev–Trinajstić information content (AvgIpc) is 2.80. The first kappa shape index (κ1) is 11.4. The van der Waals surface area contributed by atoms with Crippen LogP contribution in [0.3, 0.4) is 0 Å². The monoisotopic (exact) mass is 231 g/mol. The maximum absolute atomic E-state index is 10.7. The summed E-state index contributed by atoms with van der Waals surface area (Å²) >= 11 is 0. The molecule has 0 bridgehead atoms. The number of aromatic carboxylic acids is 1. The number of carboxylic acid groups (broad SMARTS) is 1. The molecule has 1 N–H and O–H groups in total. The Hall–Kier alpha value is -2.10. The largest absolute Gasteiger partial charge is 0.476 e. The Morgan fingerprint density at radius 3 is 2.59 bits per heavy atom. The number of aromatic nitrogens is 1. The maximum Gasteiger partial charge on any atom is 0.358 e. The van der Waals surface area contributed by atoms with Crippen LogP contribution >= 0.6 is 0 Å². The van der Waals surface area contributed by atoms with E-state index in [9.17, 15) is 4.79 Å². The predicted molar refractivity (Wildman–Crippen MR) is 62.9 cm³/mol. The molecule has 0 atom stereocenters. The highest BCUT2D eigenvalue weighted by Crippen LogP contribution is 2.21. The molecule has 0 radical (unpaired) electrons. The van der Waals surface area contributed by atoms with Crippen LogP contribution in [0.5, 0.6) is 0 Å². The molecule has 0 aliphatic rings. The van der Waals surface area contributed by atoms with E-state index in [4.69, 9.17) is 9.63 Å². The topological polar surface area (TPSA) is 63.3 Å². The van der Waals surface area contributed by atoms with Gasteiger partial charge in [-0.15, -0.1) is 0 Å². The highest BCUT2D eigenvalue weighted by molar-refractivity contribution is 5.86. The van der Waals surface area contributed by atoms with Gasteiger partial charge in [0.25, 0.3) is 0 Å². The summed E-state index contributed by atoms with van der Waals surface area (Å²) in [5.74, 6) is -0.604. The molecule has 0 saturated heterocycles. The smallest absolute Gasteiger partial charge is 0.358 e. The van der Waals surface area contributed by atoms with E-state index in [2.05, 4.69) is 12.1 Å². The lowest BCUT2D eigenvalue weighted by atomic mass is 10.1. The van der Waals surface area contributed by atoms with Crippen molar-refractivity contribution in [2.45, 2.75) is 19.8 Å². The van der Waals surface area contributed by atoms with Gasteiger partial charge in [0.2, 0.25) is 0 Å². The molecule has 0 aliphatic heterocycles. The molecule has 88 valence electrons. The second-order valence-corrected chi connectivity index (χ2v) is 3.83. The van der Waals surface area contributed by atoms with Crippen molar-refractivity contribution >= 4 is 5.97 Å². The number of hydrogen-bond donors (Lipinski definition) is 1. The normalized spacial score (nSPS) is 10.4. The van der Waals surface area contributed by atoms with Gasteiger partial charge < -0.3 is 9.63 Å². The van der Waals surface area contributed by atoms with Gasteiger partial charge >= 0.3 is 5.97 Å². The van der Waals surface area contributed by atoms with Crippen LogP contribution in [0.15, 0.2) is 34.9 Å². The van der Waals surface area contributed by atoms with Crippen molar-refractivity contribution < 1.29 is 14.4 Å². The van der Waals surface area contributed by atoms with Crippen molar-refractivity contribution in [3.8, 4) is 11.3 Å². The first-order valence-corrected chi connectivity index (χ1v) is 5.50. The zero-order chi connectivity index (χ0) is 12.3.